The molecule has 0 saturated carbocycles. The van der Waals surface area contributed by atoms with E-state index in [1.807, 2.05) is 0 Å². The van der Waals surface area contributed by atoms with Crippen molar-refractivity contribution in [3.8, 4) is 0 Å². The highest BCUT2D eigenvalue weighted by atomic mass is 32.1. The van der Waals surface area contributed by atoms with Crippen molar-refractivity contribution in [1.29, 1.82) is 0 Å². The van der Waals surface area contributed by atoms with Gasteiger partial charge in [-0.2, -0.15) is 0 Å². The molecule has 0 atom stereocenters. The summed E-state index contributed by atoms with van der Waals surface area (Å²) < 4.78 is 25.8. The Labute approximate surface area is 88.9 Å². The number of nitrogens with two attached hydrogens (primary N) is 1. The summed E-state index contributed by atoms with van der Waals surface area (Å²) in [7, 11) is 0. The lowest BCUT2D eigenvalue weighted by molar-refractivity contribution is 0.153. The minimum atomic E-state index is -2.44. The maximum atomic E-state index is 12.5. The van der Waals surface area contributed by atoms with E-state index in [9.17, 15) is 8.78 Å². The predicted molar refractivity (Wildman–Crippen MR) is 58.4 cm³/mol. The molecule has 0 bridgehead atoms. The van der Waals surface area contributed by atoms with Crippen molar-refractivity contribution in [2.45, 2.75) is 11.3 Å². The molecule has 0 spiro atoms. The molecule has 0 aliphatic carbocycles. The third-order valence-corrected chi connectivity index (χ3v) is 3.68. The van der Waals surface area contributed by atoms with E-state index in [1.165, 1.54) is 16.7 Å². The van der Waals surface area contributed by atoms with E-state index in [0.29, 0.717) is 16.0 Å². The number of hydrogen-bond donors (Lipinski definition) is 2. The lowest BCUT2D eigenvalue weighted by Gasteiger charge is -2.01. The number of nitrogen functional groups attached to an aromatic ring is 1. The van der Waals surface area contributed by atoms with Crippen LogP contribution >= 0.6 is 24.0 Å². The molecule has 0 fully saturated rings. The molecule has 14 heavy (non-hydrogen) atoms. The van der Waals surface area contributed by atoms with E-state index in [1.54, 1.807) is 12.1 Å². The SMILES string of the molecule is Nc1ccc2c(C(F)F)csc2c1S. The van der Waals surface area contributed by atoms with Gasteiger partial charge in [-0.3, -0.25) is 0 Å². The van der Waals surface area contributed by atoms with Gasteiger partial charge in [-0.1, -0.05) is 6.07 Å². The Hall–Kier alpha value is -0.810. The summed E-state index contributed by atoms with van der Waals surface area (Å²) in [6.45, 7) is 0. The largest absolute Gasteiger partial charge is 0.398 e. The first-order valence-electron chi connectivity index (χ1n) is 3.88. The minimum absolute atomic E-state index is 0.0558. The van der Waals surface area contributed by atoms with Crippen molar-refractivity contribution < 1.29 is 8.78 Å². The van der Waals surface area contributed by atoms with Gasteiger partial charge in [0.2, 0.25) is 0 Å². The van der Waals surface area contributed by atoms with Crippen LogP contribution in [0.2, 0.25) is 0 Å². The number of anilines is 1. The van der Waals surface area contributed by atoms with Gasteiger partial charge < -0.3 is 5.73 Å². The molecule has 1 heterocycles. The fourth-order valence-corrected chi connectivity index (χ4v) is 2.66. The van der Waals surface area contributed by atoms with Gasteiger partial charge in [0.15, 0.2) is 0 Å². The van der Waals surface area contributed by atoms with E-state index in [2.05, 4.69) is 12.6 Å². The first-order valence-corrected chi connectivity index (χ1v) is 5.20. The minimum Gasteiger partial charge on any atom is -0.398 e. The quantitative estimate of drug-likeness (QED) is 0.568. The Morgan fingerprint density at radius 3 is 2.71 bits per heavy atom. The third kappa shape index (κ3) is 1.36. The molecule has 5 heteroatoms. The van der Waals surface area contributed by atoms with Crippen molar-refractivity contribution >= 4 is 39.7 Å². The molecule has 74 valence electrons. The summed E-state index contributed by atoms with van der Waals surface area (Å²) in [4.78, 5) is 0.583. The third-order valence-electron chi connectivity index (χ3n) is 2.01. The van der Waals surface area contributed by atoms with Crippen molar-refractivity contribution in [3.05, 3.63) is 23.1 Å². The Kier molecular flexibility index (Phi) is 2.36. The van der Waals surface area contributed by atoms with Gasteiger partial charge in [-0.05, 0) is 6.07 Å². The lowest BCUT2D eigenvalue weighted by Crippen LogP contribution is -1.87. The number of rotatable bonds is 1. The number of thiophene rings is 1. The van der Waals surface area contributed by atoms with Gasteiger partial charge in [-0.25, -0.2) is 8.78 Å². The maximum Gasteiger partial charge on any atom is 0.265 e. The van der Waals surface area contributed by atoms with Gasteiger partial charge in [0.25, 0.3) is 6.43 Å². The Bertz CT molecular complexity index is 479. The van der Waals surface area contributed by atoms with E-state index in [0.717, 1.165) is 4.70 Å². The molecule has 0 radical (unpaired) electrons. The van der Waals surface area contributed by atoms with Gasteiger partial charge in [-0.15, -0.1) is 24.0 Å². The number of thiol groups is 1. The summed E-state index contributed by atoms with van der Waals surface area (Å²) >= 11 is 5.43. The number of halogens is 2. The second-order valence-electron chi connectivity index (χ2n) is 2.87. The van der Waals surface area contributed by atoms with Gasteiger partial charge >= 0.3 is 0 Å². The van der Waals surface area contributed by atoms with Crippen LogP contribution in [0.15, 0.2) is 22.4 Å². The molecule has 1 aromatic heterocycles. The van der Waals surface area contributed by atoms with E-state index in [4.69, 9.17) is 5.73 Å². The number of benzene rings is 1. The molecular formula is C9H7F2NS2. The van der Waals surface area contributed by atoms with Crippen LogP contribution in [-0.4, -0.2) is 0 Å². The molecule has 0 unspecified atom stereocenters. The molecule has 0 saturated heterocycles. The second kappa shape index (κ2) is 3.40. The van der Waals surface area contributed by atoms with E-state index in [-0.39, 0.29) is 5.56 Å². The van der Waals surface area contributed by atoms with Crippen LogP contribution in [0.5, 0.6) is 0 Å². The van der Waals surface area contributed by atoms with Crippen molar-refractivity contribution in [2.75, 3.05) is 5.73 Å². The molecule has 1 nitrogen and oxygen atoms in total. The fraction of sp³-hybridized carbons (Fsp3) is 0.111. The summed E-state index contributed by atoms with van der Waals surface area (Å²) in [6, 6.07) is 3.21. The van der Waals surface area contributed by atoms with Gasteiger partial charge in [0.05, 0.1) is 4.70 Å². The molecular weight excluding hydrogens is 224 g/mol. The maximum absolute atomic E-state index is 12.5. The van der Waals surface area contributed by atoms with Gasteiger partial charge in [0.1, 0.15) is 0 Å². The van der Waals surface area contributed by atoms with Crippen LogP contribution in [0, 0.1) is 0 Å². The zero-order chi connectivity index (χ0) is 10.3. The topological polar surface area (TPSA) is 26.0 Å². The highest BCUT2D eigenvalue weighted by molar-refractivity contribution is 7.81. The molecule has 0 amide bonds. The zero-order valence-corrected chi connectivity index (χ0v) is 8.71. The molecule has 0 aliphatic rings. The fourth-order valence-electron chi connectivity index (χ4n) is 1.29. The normalized spacial score (nSPS) is 11.4. The average Bonchev–Trinajstić information content (AvgIpc) is 2.55. The van der Waals surface area contributed by atoms with Gasteiger partial charge in [0, 0.05) is 26.9 Å². The monoisotopic (exact) mass is 231 g/mol. The molecule has 2 N–H and O–H groups in total. The number of hydrogen-bond acceptors (Lipinski definition) is 3. The first kappa shape index (κ1) is 9.73. The van der Waals surface area contributed by atoms with Crippen molar-refractivity contribution in [2.24, 2.45) is 0 Å². The Morgan fingerprint density at radius 2 is 2.07 bits per heavy atom. The van der Waals surface area contributed by atoms with Crippen molar-refractivity contribution in [1.82, 2.24) is 0 Å². The summed E-state index contributed by atoms with van der Waals surface area (Å²) in [5.74, 6) is 0. The lowest BCUT2D eigenvalue weighted by atomic mass is 10.2. The second-order valence-corrected chi connectivity index (χ2v) is 4.20. The Morgan fingerprint density at radius 1 is 1.36 bits per heavy atom. The predicted octanol–water partition coefficient (Wildman–Crippen LogP) is 3.71. The van der Waals surface area contributed by atoms with E-state index >= 15 is 0 Å². The smallest absolute Gasteiger partial charge is 0.265 e. The van der Waals surface area contributed by atoms with Crippen LogP contribution in [0.3, 0.4) is 0 Å². The van der Waals surface area contributed by atoms with E-state index < -0.39 is 6.43 Å². The average molecular weight is 231 g/mol. The zero-order valence-electron chi connectivity index (χ0n) is 7.00. The number of fused-ring (bicyclic) bond motifs is 1. The Balaban J connectivity index is 2.77. The summed E-state index contributed by atoms with van der Waals surface area (Å²) in [5, 5.41) is 2.00. The standard InChI is InChI=1S/C9H7F2NS2/c10-9(11)5-3-14-8-4(5)1-2-6(12)7(8)13/h1-3,9,13H,12H2. The van der Waals surface area contributed by atoms with Crippen LogP contribution in [0.4, 0.5) is 14.5 Å². The van der Waals surface area contributed by atoms with Crippen LogP contribution in [0.1, 0.15) is 12.0 Å². The highest BCUT2D eigenvalue weighted by Crippen LogP contribution is 2.38. The van der Waals surface area contributed by atoms with Crippen LogP contribution in [-0.2, 0) is 0 Å². The summed E-state index contributed by atoms with van der Waals surface area (Å²) in [6.07, 6.45) is -2.44. The molecule has 0 aliphatic heterocycles. The molecule has 2 aromatic rings. The van der Waals surface area contributed by atoms with Crippen molar-refractivity contribution in [3.63, 3.8) is 0 Å². The van der Waals surface area contributed by atoms with Crippen LogP contribution in [0.25, 0.3) is 10.1 Å². The molecule has 1 aromatic carbocycles. The first-order chi connectivity index (χ1) is 6.61. The highest BCUT2D eigenvalue weighted by Gasteiger charge is 2.15. The molecule has 2 rings (SSSR count). The number of alkyl halides is 2. The summed E-state index contributed by atoms with van der Waals surface area (Å²) in [5.41, 5.74) is 6.19. The van der Waals surface area contributed by atoms with Crippen LogP contribution < -0.4 is 5.73 Å².